The van der Waals surface area contributed by atoms with E-state index < -0.39 is 0 Å². The molecule has 1 N–H and O–H groups in total. The van der Waals surface area contributed by atoms with E-state index in [1.807, 2.05) is 64.3 Å². The molecule has 0 aliphatic rings. The normalized spacial score (nSPS) is 10.2. The molecule has 0 spiro atoms. The zero-order valence-corrected chi connectivity index (χ0v) is 12.4. The average molecular weight is 268 g/mol. The number of hydrogen-bond donors (Lipinski definition) is 1. The Balaban J connectivity index is 2.34. The molecule has 2 rings (SSSR count). The molecule has 0 unspecified atom stereocenters. The smallest absolute Gasteiger partial charge is 0.258 e. The average Bonchev–Trinajstić information content (AvgIpc) is 2.48. The lowest BCUT2D eigenvalue weighted by Crippen LogP contribution is -2.27. The van der Waals surface area contributed by atoms with Gasteiger partial charge in [0.15, 0.2) is 0 Å². The monoisotopic (exact) mass is 268 g/mol. The number of anilines is 2. The van der Waals surface area contributed by atoms with E-state index in [0.717, 1.165) is 22.5 Å². The highest BCUT2D eigenvalue weighted by molar-refractivity contribution is 6.06. The zero-order valence-electron chi connectivity index (χ0n) is 12.4. The van der Waals surface area contributed by atoms with E-state index >= 15 is 0 Å². The van der Waals surface area contributed by atoms with Crippen LogP contribution in [-0.2, 0) is 0 Å². The van der Waals surface area contributed by atoms with Crippen LogP contribution in [-0.4, -0.2) is 20.0 Å². The van der Waals surface area contributed by atoms with Gasteiger partial charge in [0.25, 0.3) is 5.91 Å². The van der Waals surface area contributed by atoms with Crippen molar-refractivity contribution in [2.24, 2.45) is 0 Å². The molecule has 2 aromatic rings. The number of rotatable bonds is 3. The lowest BCUT2D eigenvalue weighted by molar-refractivity contribution is 0.0993. The van der Waals surface area contributed by atoms with Gasteiger partial charge in [-0.15, -0.1) is 0 Å². The van der Waals surface area contributed by atoms with Crippen LogP contribution in [0.2, 0.25) is 0 Å². The molecule has 2 aromatic carbocycles. The Hall–Kier alpha value is -2.29. The first-order valence-electron chi connectivity index (χ1n) is 6.66. The molecule has 3 heteroatoms. The maximum atomic E-state index is 12.6. The van der Waals surface area contributed by atoms with E-state index in [1.165, 1.54) is 0 Å². The quantitative estimate of drug-likeness (QED) is 0.922. The molecule has 20 heavy (non-hydrogen) atoms. The lowest BCUT2D eigenvalue weighted by Gasteiger charge is -2.20. The van der Waals surface area contributed by atoms with Crippen LogP contribution < -0.4 is 10.2 Å². The fraction of sp³-hybridized carbons (Fsp3) is 0.235. The van der Waals surface area contributed by atoms with Gasteiger partial charge in [-0.2, -0.15) is 0 Å². The summed E-state index contributed by atoms with van der Waals surface area (Å²) in [5.74, 6) is -0.00389. The summed E-state index contributed by atoms with van der Waals surface area (Å²) in [7, 11) is 3.66. The second-order valence-electron chi connectivity index (χ2n) is 4.98. The van der Waals surface area contributed by atoms with E-state index in [-0.39, 0.29) is 5.91 Å². The van der Waals surface area contributed by atoms with Crippen LogP contribution in [0.5, 0.6) is 0 Å². The summed E-state index contributed by atoms with van der Waals surface area (Å²) < 4.78 is 0. The number of nitrogens with zero attached hydrogens (tertiary/aromatic N) is 1. The van der Waals surface area contributed by atoms with Gasteiger partial charge in [-0.1, -0.05) is 18.2 Å². The molecule has 1 amide bonds. The summed E-state index contributed by atoms with van der Waals surface area (Å²) in [6, 6.07) is 13.7. The maximum absolute atomic E-state index is 12.6. The zero-order chi connectivity index (χ0) is 14.7. The molecule has 3 nitrogen and oxygen atoms in total. The van der Waals surface area contributed by atoms with Gasteiger partial charge in [-0.25, -0.2) is 0 Å². The molecule has 0 aliphatic carbocycles. The first-order valence-corrected chi connectivity index (χ1v) is 6.66. The SMILES string of the molecule is CNc1cccc(C(=O)N(C)c2cc(C)ccc2C)c1. The standard InChI is InChI=1S/C17H20N2O/c1-12-8-9-13(2)16(10-12)19(4)17(20)14-6-5-7-15(11-14)18-3/h5-11,18H,1-4H3. The van der Waals surface area contributed by atoms with Crippen LogP contribution in [0.4, 0.5) is 11.4 Å². The summed E-state index contributed by atoms with van der Waals surface area (Å²) in [5.41, 5.74) is 4.81. The fourth-order valence-corrected chi connectivity index (χ4v) is 2.19. The van der Waals surface area contributed by atoms with Crippen LogP contribution in [0, 0.1) is 13.8 Å². The number of carbonyl (C=O) groups is 1. The van der Waals surface area contributed by atoms with Crippen LogP contribution in [0.15, 0.2) is 42.5 Å². The number of hydrogen-bond acceptors (Lipinski definition) is 2. The summed E-state index contributed by atoms with van der Waals surface area (Å²) in [5, 5.41) is 3.05. The molecule has 104 valence electrons. The van der Waals surface area contributed by atoms with Crippen molar-refractivity contribution in [1.29, 1.82) is 0 Å². The van der Waals surface area contributed by atoms with E-state index in [0.29, 0.717) is 5.56 Å². The van der Waals surface area contributed by atoms with Crippen molar-refractivity contribution >= 4 is 17.3 Å². The molecule has 0 bridgehead atoms. The van der Waals surface area contributed by atoms with Gasteiger partial charge in [-0.05, 0) is 49.2 Å². The van der Waals surface area contributed by atoms with E-state index in [9.17, 15) is 4.79 Å². The van der Waals surface area contributed by atoms with Gasteiger partial charge < -0.3 is 10.2 Å². The van der Waals surface area contributed by atoms with E-state index in [1.54, 1.807) is 4.90 Å². The third kappa shape index (κ3) is 2.82. The summed E-state index contributed by atoms with van der Waals surface area (Å²) in [6.45, 7) is 4.05. The summed E-state index contributed by atoms with van der Waals surface area (Å²) in [4.78, 5) is 14.3. The number of aryl methyl sites for hydroxylation is 2. The van der Waals surface area contributed by atoms with Crippen molar-refractivity contribution in [3.63, 3.8) is 0 Å². The van der Waals surface area contributed by atoms with Gasteiger partial charge in [0.2, 0.25) is 0 Å². The van der Waals surface area contributed by atoms with Crippen molar-refractivity contribution in [2.45, 2.75) is 13.8 Å². The van der Waals surface area contributed by atoms with Crippen molar-refractivity contribution in [3.8, 4) is 0 Å². The van der Waals surface area contributed by atoms with Crippen LogP contribution in [0.25, 0.3) is 0 Å². The molecular weight excluding hydrogens is 248 g/mol. The highest BCUT2D eigenvalue weighted by atomic mass is 16.2. The first kappa shape index (κ1) is 14.1. The number of nitrogens with one attached hydrogen (secondary N) is 1. The topological polar surface area (TPSA) is 32.3 Å². The van der Waals surface area contributed by atoms with Crippen molar-refractivity contribution in [2.75, 3.05) is 24.3 Å². The Kier molecular flexibility index (Phi) is 4.08. The molecule has 0 atom stereocenters. The number of benzene rings is 2. The minimum absolute atomic E-state index is 0.00389. The third-order valence-corrected chi connectivity index (χ3v) is 3.43. The van der Waals surface area contributed by atoms with E-state index in [4.69, 9.17) is 0 Å². The molecule has 0 radical (unpaired) electrons. The predicted octanol–water partition coefficient (Wildman–Crippen LogP) is 3.62. The Morgan fingerprint density at radius 2 is 1.85 bits per heavy atom. The van der Waals surface area contributed by atoms with Crippen LogP contribution in [0.3, 0.4) is 0 Å². The maximum Gasteiger partial charge on any atom is 0.258 e. The third-order valence-electron chi connectivity index (χ3n) is 3.43. The Morgan fingerprint density at radius 3 is 2.55 bits per heavy atom. The fourth-order valence-electron chi connectivity index (χ4n) is 2.19. The van der Waals surface area contributed by atoms with Gasteiger partial charge in [-0.3, -0.25) is 4.79 Å². The number of amides is 1. The van der Waals surface area contributed by atoms with Gasteiger partial charge in [0, 0.05) is 31.0 Å². The number of carbonyl (C=O) groups excluding carboxylic acids is 1. The molecular formula is C17H20N2O. The van der Waals surface area contributed by atoms with Crippen molar-refractivity contribution in [1.82, 2.24) is 0 Å². The van der Waals surface area contributed by atoms with Crippen LogP contribution in [0.1, 0.15) is 21.5 Å². The second-order valence-corrected chi connectivity index (χ2v) is 4.98. The molecule has 0 aliphatic heterocycles. The first-order chi connectivity index (χ1) is 9.52. The molecule has 0 saturated carbocycles. The van der Waals surface area contributed by atoms with Gasteiger partial charge in [0.05, 0.1) is 0 Å². The van der Waals surface area contributed by atoms with Crippen molar-refractivity contribution < 1.29 is 4.79 Å². The summed E-state index contributed by atoms with van der Waals surface area (Å²) >= 11 is 0. The lowest BCUT2D eigenvalue weighted by atomic mass is 10.1. The Morgan fingerprint density at radius 1 is 1.10 bits per heavy atom. The molecule has 0 fully saturated rings. The second kappa shape index (κ2) is 5.78. The molecule has 0 heterocycles. The Labute approximate surface area is 120 Å². The largest absolute Gasteiger partial charge is 0.388 e. The van der Waals surface area contributed by atoms with E-state index in [2.05, 4.69) is 11.4 Å². The van der Waals surface area contributed by atoms with Crippen LogP contribution >= 0.6 is 0 Å². The van der Waals surface area contributed by atoms with Crippen molar-refractivity contribution in [3.05, 3.63) is 59.2 Å². The Bertz CT molecular complexity index is 635. The predicted molar refractivity (Wildman–Crippen MR) is 84.6 cm³/mol. The van der Waals surface area contributed by atoms with Gasteiger partial charge >= 0.3 is 0 Å². The van der Waals surface area contributed by atoms with Gasteiger partial charge in [0.1, 0.15) is 0 Å². The summed E-state index contributed by atoms with van der Waals surface area (Å²) in [6.07, 6.45) is 0. The minimum Gasteiger partial charge on any atom is -0.388 e. The highest BCUT2D eigenvalue weighted by Crippen LogP contribution is 2.22. The highest BCUT2D eigenvalue weighted by Gasteiger charge is 2.15. The minimum atomic E-state index is -0.00389. The molecule has 0 saturated heterocycles. The molecule has 0 aromatic heterocycles.